The van der Waals surface area contributed by atoms with Crippen molar-refractivity contribution in [3.63, 3.8) is 0 Å². The molecule has 0 saturated heterocycles. The smallest absolute Gasteiger partial charge is 0.340 e. The lowest BCUT2D eigenvalue weighted by Gasteiger charge is -2.05. The van der Waals surface area contributed by atoms with Gasteiger partial charge in [0.1, 0.15) is 6.07 Å². The first-order valence-corrected chi connectivity index (χ1v) is 5.70. The molecule has 0 fully saturated rings. The van der Waals surface area contributed by atoms with Crippen LogP contribution in [-0.4, -0.2) is 34.8 Å². The largest absolute Gasteiger partial charge is 0.465 e. The van der Waals surface area contributed by atoms with Gasteiger partial charge in [0.2, 0.25) is 5.71 Å². The van der Waals surface area contributed by atoms with E-state index in [0.29, 0.717) is 16.6 Å². The molecule has 0 unspecified atom stereocenters. The van der Waals surface area contributed by atoms with Gasteiger partial charge in [-0.25, -0.2) is 4.79 Å². The highest BCUT2D eigenvalue weighted by Gasteiger charge is 2.14. The fraction of sp³-hybridized carbons (Fsp3) is 0.0833. The average Bonchev–Trinajstić information content (AvgIpc) is 2.94. The number of methoxy groups -OCH3 is 1. The number of carbonyl (C=O) groups is 1. The zero-order valence-corrected chi connectivity index (χ0v) is 11.0. The number of aromatic amines is 1. The van der Waals surface area contributed by atoms with E-state index in [1.54, 1.807) is 12.1 Å². The zero-order chi connectivity index (χ0) is 15.4. The number of aromatic nitrogens is 2. The first-order chi connectivity index (χ1) is 10.1. The summed E-state index contributed by atoms with van der Waals surface area (Å²) in [5.41, 5.74) is 8.73. The number of nitrogens with two attached hydrogens (primary N) is 1. The molecule has 0 radical (unpaired) electrons. The molecule has 0 bridgehead atoms. The topological polar surface area (TPSA) is 153 Å². The van der Waals surface area contributed by atoms with Gasteiger partial charge in [0.25, 0.3) is 0 Å². The Morgan fingerprint density at radius 1 is 1.62 bits per heavy atom. The number of rotatable bonds is 4. The molecule has 21 heavy (non-hydrogen) atoms. The summed E-state index contributed by atoms with van der Waals surface area (Å²) in [5, 5.41) is 26.8. The second-order valence-electron chi connectivity index (χ2n) is 3.95. The Morgan fingerprint density at radius 2 is 2.38 bits per heavy atom. The Bertz CT molecular complexity index is 784. The number of hydrogen-bond donors (Lipinski definition) is 4. The summed E-state index contributed by atoms with van der Waals surface area (Å²) in [4.78, 5) is 11.7. The van der Waals surface area contributed by atoms with Crippen LogP contribution in [0.15, 0.2) is 23.4 Å². The SMILES string of the molecule is COC(=O)c1cc(N/N=C(\C#N)C(=N)N)cc2cn[nH]c12. The van der Waals surface area contributed by atoms with Crippen molar-refractivity contribution in [2.45, 2.75) is 0 Å². The lowest BCUT2D eigenvalue weighted by atomic mass is 10.1. The third kappa shape index (κ3) is 2.79. The second-order valence-corrected chi connectivity index (χ2v) is 3.95. The number of H-pyrrole nitrogens is 1. The molecule has 1 heterocycles. The first kappa shape index (κ1) is 14.0. The number of nitrogens with one attached hydrogen (secondary N) is 3. The van der Waals surface area contributed by atoms with Gasteiger partial charge in [0, 0.05) is 5.39 Å². The summed E-state index contributed by atoms with van der Waals surface area (Å²) in [7, 11) is 1.27. The molecule has 0 aliphatic carbocycles. The van der Waals surface area contributed by atoms with E-state index in [-0.39, 0.29) is 11.3 Å². The van der Waals surface area contributed by atoms with Crippen LogP contribution >= 0.6 is 0 Å². The maximum atomic E-state index is 11.7. The number of carbonyl (C=O) groups excluding carboxylic acids is 1. The summed E-state index contributed by atoms with van der Waals surface area (Å²) >= 11 is 0. The second kappa shape index (κ2) is 5.70. The van der Waals surface area contributed by atoms with Crippen molar-refractivity contribution in [1.29, 1.82) is 10.7 Å². The van der Waals surface area contributed by atoms with Gasteiger partial charge in [0.15, 0.2) is 5.84 Å². The predicted molar refractivity (Wildman–Crippen MR) is 76.0 cm³/mol. The predicted octanol–water partition coefficient (Wildman–Crippen LogP) is 0.577. The first-order valence-electron chi connectivity index (χ1n) is 5.70. The minimum absolute atomic E-state index is 0.262. The van der Waals surface area contributed by atoms with E-state index in [9.17, 15) is 4.79 Å². The van der Waals surface area contributed by atoms with E-state index in [2.05, 4.69) is 20.7 Å². The van der Waals surface area contributed by atoms with Crippen LogP contribution in [0.2, 0.25) is 0 Å². The van der Waals surface area contributed by atoms with Gasteiger partial charge in [-0.05, 0) is 12.1 Å². The van der Waals surface area contributed by atoms with Gasteiger partial charge < -0.3 is 10.5 Å². The van der Waals surface area contributed by atoms with Crippen LogP contribution in [0.5, 0.6) is 0 Å². The molecule has 0 aliphatic heterocycles. The molecule has 0 saturated carbocycles. The number of hydrogen-bond acceptors (Lipinski definition) is 7. The normalized spacial score (nSPS) is 11.0. The van der Waals surface area contributed by atoms with Crippen LogP contribution in [0.25, 0.3) is 10.9 Å². The molecule has 1 aromatic carbocycles. The van der Waals surface area contributed by atoms with Crippen LogP contribution in [0.4, 0.5) is 5.69 Å². The number of ether oxygens (including phenoxy) is 1. The third-order valence-corrected chi connectivity index (χ3v) is 2.61. The fourth-order valence-electron chi connectivity index (χ4n) is 1.66. The van der Waals surface area contributed by atoms with Gasteiger partial charge in [-0.1, -0.05) is 0 Å². The molecule has 0 spiro atoms. The molecular weight excluding hydrogens is 274 g/mol. The molecule has 106 valence electrons. The van der Waals surface area contributed by atoms with Crippen molar-refractivity contribution in [3.05, 3.63) is 23.9 Å². The van der Waals surface area contributed by atoms with Crippen LogP contribution < -0.4 is 11.2 Å². The van der Waals surface area contributed by atoms with E-state index < -0.39 is 11.8 Å². The maximum Gasteiger partial charge on any atom is 0.340 e. The summed E-state index contributed by atoms with van der Waals surface area (Å²) in [6.45, 7) is 0. The minimum atomic E-state index is -0.538. The van der Waals surface area contributed by atoms with E-state index in [1.165, 1.54) is 19.4 Å². The van der Waals surface area contributed by atoms with Crippen molar-refractivity contribution < 1.29 is 9.53 Å². The van der Waals surface area contributed by atoms with Gasteiger partial charge in [-0.15, -0.1) is 0 Å². The maximum absolute atomic E-state index is 11.7. The van der Waals surface area contributed by atoms with Crippen molar-refractivity contribution in [1.82, 2.24) is 10.2 Å². The van der Waals surface area contributed by atoms with Crippen LogP contribution in [-0.2, 0) is 4.74 Å². The molecule has 9 heteroatoms. The van der Waals surface area contributed by atoms with Crippen molar-refractivity contribution in [2.24, 2.45) is 10.8 Å². The Kier molecular flexibility index (Phi) is 3.80. The average molecular weight is 285 g/mol. The summed E-state index contributed by atoms with van der Waals surface area (Å²) in [5.74, 6) is -0.994. The summed E-state index contributed by atoms with van der Waals surface area (Å²) in [6.07, 6.45) is 1.53. The molecule has 0 amide bonds. The Morgan fingerprint density at radius 3 is 3.00 bits per heavy atom. The number of fused-ring (bicyclic) bond motifs is 1. The lowest BCUT2D eigenvalue weighted by molar-refractivity contribution is 0.0603. The number of anilines is 1. The molecule has 0 atom stereocenters. The van der Waals surface area contributed by atoms with Crippen LogP contribution in [0.1, 0.15) is 10.4 Å². The Balaban J connectivity index is 2.44. The number of hydrazone groups is 1. The Hall–Kier alpha value is -3.41. The molecule has 5 N–H and O–H groups in total. The van der Waals surface area contributed by atoms with E-state index in [4.69, 9.17) is 21.1 Å². The Labute approximate surface area is 118 Å². The minimum Gasteiger partial charge on any atom is -0.465 e. The van der Waals surface area contributed by atoms with Gasteiger partial charge in [0.05, 0.1) is 30.1 Å². The zero-order valence-electron chi connectivity index (χ0n) is 11.0. The number of esters is 1. The van der Waals surface area contributed by atoms with Crippen LogP contribution in [0.3, 0.4) is 0 Å². The van der Waals surface area contributed by atoms with Gasteiger partial charge in [-0.2, -0.15) is 15.5 Å². The molecule has 2 rings (SSSR count). The number of amidine groups is 1. The molecule has 2 aromatic rings. The highest BCUT2D eigenvalue weighted by Crippen LogP contribution is 2.22. The van der Waals surface area contributed by atoms with E-state index in [1.807, 2.05) is 0 Å². The van der Waals surface area contributed by atoms with E-state index >= 15 is 0 Å². The molecule has 1 aromatic heterocycles. The standard InChI is InChI=1S/C12H11N7O2/c1-21-12(20)8-3-7(2-6-5-16-19-10(6)8)17-18-9(4-13)11(14)15/h2-3,5,17H,1H3,(H3,14,15)(H,16,19)/b18-9+. The van der Waals surface area contributed by atoms with Crippen LogP contribution in [0, 0.1) is 16.7 Å². The van der Waals surface area contributed by atoms with Crippen molar-refractivity contribution >= 4 is 34.1 Å². The molecule has 9 nitrogen and oxygen atoms in total. The highest BCUT2D eigenvalue weighted by atomic mass is 16.5. The van der Waals surface area contributed by atoms with Crippen molar-refractivity contribution in [2.75, 3.05) is 12.5 Å². The number of nitrogens with zero attached hydrogens (tertiary/aromatic N) is 3. The third-order valence-electron chi connectivity index (χ3n) is 2.61. The summed E-state index contributed by atoms with van der Waals surface area (Å²) < 4.78 is 4.70. The van der Waals surface area contributed by atoms with Gasteiger partial charge in [-0.3, -0.25) is 15.9 Å². The van der Waals surface area contributed by atoms with Gasteiger partial charge >= 0.3 is 5.97 Å². The molecule has 0 aliphatic rings. The fourth-order valence-corrected chi connectivity index (χ4v) is 1.66. The number of nitriles is 1. The van der Waals surface area contributed by atoms with Crippen molar-refractivity contribution in [3.8, 4) is 6.07 Å². The lowest BCUT2D eigenvalue weighted by Crippen LogP contribution is -2.21. The van der Waals surface area contributed by atoms with E-state index in [0.717, 1.165) is 0 Å². The quantitative estimate of drug-likeness (QED) is 0.279. The summed E-state index contributed by atoms with van der Waals surface area (Å²) in [6, 6.07) is 4.84. The highest BCUT2D eigenvalue weighted by molar-refractivity contribution is 6.45. The number of benzene rings is 1. The monoisotopic (exact) mass is 285 g/mol. The molecular formula is C12H11N7O2.